The molecule has 5 saturated carbocycles. The number of nitrogens with zero attached hydrogens (tertiary/aromatic N) is 1. The molecule has 1 heterocycles. The molecule has 1 N–H and O–H groups in total. The lowest BCUT2D eigenvalue weighted by Gasteiger charge is -2.62. The number of piperidine rings is 1. The van der Waals surface area contributed by atoms with E-state index in [0.29, 0.717) is 30.5 Å². The van der Waals surface area contributed by atoms with E-state index in [-0.39, 0.29) is 34.5 Å². The minimum Gasteiger partial charge on any atom is -0.388 e. The molecule has 0 amide bonds. The van der Waals surface area contributed by atoms with Crippen molar-refractivity contribution in [3.8, 4) is 0 Å². The SMILES string of the molecule is C=C1[C@H]2C[C@]3([C@@H](CC2=O)[C@@]24C(=O)CC[C@@]5(C)CN(CC)[C@@H]2[C@@H]3C[C@H]54)[C@H]1O. The maximum absolute atomic E-state index is 13.6. The fraction of sp³-hybridized carbons (Fsp3) is 0.818. The van der Waals surface area contributed by atoms with Gasteiger partial charge in [0.05, 0.1) is 11.5 Å². The van der Waals surface area contributed by atoms with Crippen LogP contribution in [0.4, 0.5) is 0 Å². The topological polar surface area (TPSA) is 57.6 Å². The van der Waals surface area contributed by atoms with E-state index in [0.717, 1.165) is 37.9 Å². The van der Waals surface area contributed by atoms with Crippen LogP contribution in [-0.4, -0.2) is 46.8 Å². The van der Waals surface area contributed by atoms with Crippen molar-refractivity contribution < 1.29 is 14.7 Å². The van der Waals surface area contributed by atoms with Gasteiger partial charge in [0, 0.05) is 36.8 Å². The average molecular weight is 355 g/mol. The minimum atomic E-state index is -0.602. The zero-order chi connectivity index (χ0) is 18.2. The molecule has 9 atom stereocenters. The molecule has 0 aromatic rings. The van der Waals surface area contributed by atoms with Crippen molar-refractivity contribution in [2.45, 2.75) is 58.1 Å². The van der Waals surface area contributed by atoms with Crippen molar-refractivity contribution in [2.24, 2.45) is 39.9 Å². The second-order valence-electron chi connectivity index (χ2n) is 10.5. The van der Waals surface area contributed by atoms with Crippen LogP contribution in [0.1, 0.15) is 46.0 Å². The molecule has 140 valence electrons. The van der Waals surface area contributed by atoms with Gasteiger partial charge in [-0.3, -0.25) is 14.5 Å². The van der Waals surface area contributed by atoms with Crippen LogP contribution in [0, 0.1) is 39.9 Å². The lowest BCUT2D eigenvalue weighted by Crippen LogP contribution is -2.67. The number of likely N-dealkylation sites (tertiary alicyclic amines) is 1. The number of aliphatic hydroxyl groups is 1. The van der Waals surface area contributed by atoms with Gasteiger partial charge in [-0.15, -0.1) is 0 Å². The standard InChI is InChI=1S/C22H29NO3/c1-4-23-10-20(3)6-5-17(25)22-15(20)7-13(18(22)23)21-9-12(11(2)19(21)26)14(24)8-16(21)22/h12-13,15-16,18-19,26H,2,4-10H2,1,3H3/t12-,13+,15-,16-,18-,19+,20+,21+,22+/m1/s1. The molecule has 0 unspecified atom stereocenters. The van der Waals surface area contributed by atoms with E-state index < -0.39 is 11.5 Å². The summed E-state index contributed by atoms with van der Waals surface area (Å²) < 4.78 is 0. The van der Waals surface area contributed by atoms with Crippen molar-refractivity contribution >= 4 is 11.6 Å². The van der Waals surface area contributed by atoms with Crippen molar-refractivity contribution in [2.75, 3.05) is 13.1 Å². The second-order valence-corrected chi connectivity index (χ2v) is 10.5. The van der Waals surface area contributed by atoms with Gasteiger partial charge in [0.25, 0.3) is 0 Å². The van der Waals surface area contributed by atoms with Crippen LogP contribution >= 0.6 is 0 Å². The smallest absolute Gasteiger partial charge is 0.141 e. The summed E-state index contributed by atoms with van der Waals surface area (Å²) in [6.07, 6.45) is 3.34. The molecule has 4 nitrogen and oxygen atoms in total. The molecule has 0 radical (unpaired) electrons. The van der Waals surface area contributed by atoms with E-state index >= 15 is 0 Å². The van der Waals surface area contributed by atoms with Crippen LogP contribution < -0.4 is 0 Å². The third-order valence-corrected chi connectivity index (χ3v) is 10.1. The Labute approximate surface area is 155 Å². The number of carbonyl (C=O) groups is 2. The molecule has 0 aromatic heterocycles. The highest BCUT2D eigenvalue weighted by molar-refractivity contribution is 5.93. The maximum atomic E-state index is 13.6. The number of ketones is 2. The summed E-state index contributed by atoms with van der Waals surface area (Å²) in [5.41, 5.74) is 0.253. The molecule has 6 aliphatic rings. The van der Waals surface area contributed by atoms with Crippen molar-refractivity contribution in [1.82, 2.24) is 4.90 Å². The molecule has 2 spiro atoms. The Morgan fingerprint density at radius 3 is 2.81 bits per heavy atom. The summed E-state index contributed by atoms with van der Waals surface area (Å²) >= 11 is 0. The Balaban J connectivity index is 1.63. The first-order chi connectivity index (χ1) is 12.3. The molecule has 5 aliphatic carbocycles. The van der Waals surface area contributed by atoms with Crippen molar-refractivity contribution in [1.29, 1.82) is 0 Å². The van der Waals surface area contributed by atoms with Crippen molar-refractivity contribution in [3.05, 3.63) is 12.2 Å². The first kappa shape index (κ1) is 16.0. The van der Waals surface area contributed by atoms with E-state index in [1.54, 1.807) is 0 Å². The monoisotopic (exact) mass is 355 g/mol. The van der Waals surface area contributed by atoms with Gasteiger partial charge in [0.15, 0.2) is 0 Å². The summed E-state index contributed by atoms with van der Waals surface area (Å²) in [5, 5.41) is 11.3. The Hall–Kier alpha value is -1.00. The Morgan fingerprint density at radius 2 is 2.08 bits per heavy atom. The van der Waals surface area contributed by atoms with Gasteiger partial charge in [0.1, 0.15) is 11.6 Å². The zero-order valence-electron chi connectivity index (χ0n) is 15.8. The summed E-state index contributed by atoms with van der Waals surface area (Å²) in [6, 6.07) is 0.232. The van der Waals surface area contributed by atoms with Gasteiger partial charge in [-0.25, -0.2) is 0 Å². The van der Waals surface area contributed by atoms with Gasteiger partial charge < -0.3 is 5.11 Å². The fourth-order valence-electron chi connectivity index (χ4n) is 9.45. The third kappa shape index (κ3) is 1.29. The van der Waals surface area contributed by atoms with E-state index in [2.05, 4.69) is 25.3 Å². The highest BCUT2D eigenvalue weighted by atomic mass is 16.3. The molecular formula is C22H29NO3. The number of hydrogen-bond acceptors (Lipinski definition) is 4. The number of fused-ring (bicyclic) bond motifs is 1. The van der Waals surface area contributed by atoms with Gasteiger partial charge in [-0.05, 0) is 54.5 Å². The molecule has 0 aromatic carbocycles. The molecule has 6 rings (SSSR count). The number of hydrogen-bond donors (Lipinski definition) is 1. The average Bonchev–Trinajstić information content (AvgIpc) is 3.14. The number of rotatable bonds is 1. The largest absolute Gasteiger partial charge is 0.388 e. The number of carbonyl (C=O) groups excluding carboxylic acids is 2. The highest BCUT2D eigenvalue weighted by Crippen LogP contribution is 2.82. The van der Waals surface area contributed by atoms with E-state index in [9.17, 15) is 14.7 Å². The zero-order valence-corrected chi connectivity index (χ0v) is 15.8. The predicted molar refractivity (Wildman–Crippen MR) is 96.2 cm³/mol. The number of aliphatic hydroxyl groups excluding tert-OH is 1. The fourth-order valence-corrected chi connectivity index (χ4v) is 9.45. The quantitative estimate of drug-likeness (QED) is 0.733. The first-order valence-electron chi connectivity index (χ1n) is 10.5. The Kier molecular flexibility index (Phi) is 2.68. The van der Waals surface area contributed by atoms with Crippen LogP contribution in [0.15, 0.2) is 12.2 Å². The van der Waals surface area contributed by atoms with Crippen LogP contribution in [0.25, 0.3) is 0 Å². The van der Waals surface area contributed by atoms with Gasteiger partial charge in [0.2, 0.25) is 0 Å². The summed E-state index contributed by atoms with van der Waals surface area (Å²) in [7, 11) is 0. The summed E-state index contributed by atoms with van der Waals surface area (Å²) in [6.45, 7) is 10.7. The second kappa shape index (κ2) is 4.35. The van der Waals surface area contributed by atoms with E-state index in [4.69, 9.17) is 0 Å². The third-order valence-electron chi connectivity index (χ3n) is 10.1. The lowest BCUT2D eigenvalue weighted by atomic mass is 9.44. The summed E-state index contributed by atoms with van der Waals surface area (Å²) in [5.74, 6) is 1.24. The Bertz CT molecular complexity index is 775. The van der Waals surface area contributed by atoms with Gasteiger partial charge in [-0.2, -0.15) is 0 Å². The normalized spacial score (nSPS) is 59.9. The Morgan fingerprint density at radius 1 is 1.31 bits per heavy atom. The maximum Gasteiger partial charge on any atom is 0.141 e. The first-order valence-corrected chi connectivity index (χ1v) is 10.5. The van der Waals surface area contributed by atoms with Crippen LogP contribution in [0.5, 0.6) is 0 Å². The minimum absolute atomic E-state index is 0.0308. The number of Topliss-reactive ketones (excluding diaryl/α,β-unsaturated/α-hetero) is 2. The van der Waals surface area contributed by atoms with E-state index in [1.165, 1.54) is 0 Å². The molecule has 1 saturated heterocycles. The lowest BCUT2D eigenvalue weighted by molar-refractivity contribution is -0.178. The molecule has 7 bridgehead atoms. The van der Waals surface area contributed by atoms with Crippen LogP contribution in [0.3, 0.4) is 0 Å². The molecule has 26 heavy (non-hydrogen) atoms. The van der Waals surface area contributed by atoms with Crippen molar-refractivity contribution in [3.63, 3.8) is 0 Å². The molecule has 4 heteroatoms. The highest BCUT2D eigenvalue weighted by Gasteiger charge is 2.85. The molecular weight excluding hydrogens is 326 g/mol. The molecule has 1 aliphatic heterocycles. The van der Waals surface area contributed by atoms with E-state index in [1.807, 2.05) is 0 Å². The van der Waals surface area contributed by atoms with Crippen LogP contribution in [-0.2, 0) is 9.59 Å². The van der Waals surface area contributed by atoms with Gasteiger partial charge >= 0.3 is 0 Å². The van der Waals surface area contributed by atoms with Crippen LogP contribution in [0.2, 0.25) is 0 Å². The van der Waals surface area contributed by atoms with Gasteiger partial charge in [-0.1, -0.05) is 20.4 Å². The predicted octanol–water partition coefficient (Wildman–Crippen LogP) is 2.21. The summed E-state index contributed by atoms with van der Waals surface area (Å²) in [4.78, 5) is 29.1. The molecule has 6 fully saturated rings.